The first-order valence-corrected chi connectivity index (χ1v) is 5.68. The Morgan fingerprint density at radius 1 is 0.917 bits per heavy atom. The van der Waals surface area contributed by atoms with Crippen molar-refractivity contribution in [1.82, 2.24) is 5.32 Å². The first-order valence-electron chi connectivity index (χ1n) is 5.68. The molecule has 3 rings (SSSR count). The minimum Gasteiger partial charge on any atom is -0.314 e. The van der Waals surface area contributed by atoms with Gasteiger partial charge in [0.05, 0.1) is 0 Å². The van der Waals surface area contributed by atoms with E-state index < -0.39 is 0 Å². The topological polar surface area (TPSA) is 12.0 Å². The van der Waals surface area contributed by atoms with Gasteiger partial charge in [-0.15, -0.1) is 0 Å². The lowest BCUT2D eigenvalue weighted by Crippen LogP contribution is -2.23. The highest BCUT2D eigenvalue weighted by Crippen LogP contribution is 2.48. The van der Waals surface area contributed by atoms with Gasteiger partial charge in [-0.25, -0.2) is 0 Å². The Morgan fingerprint density at radius 2 is 1.83 bits per heavy atom. The first kappa shape index (κ1) is 7.37. The van der Waals surface area contributed by atoms with Crippen molar-refractivity contribution < 1.29 is 0 Å². The van der Waals surface area contributed by atoms with Crippen LogP contribution in [0.15, 0.2) is 0 Å². The Kier molecular flexibility index (Phi) is 1.68. The van der Waals surface area contributed by atoms with Crippen LogP contribution in [-0.4, -0.2) is 12.6 Å². The van der Waals surface area contributed by atoms with E-state index in [-0.39, 0.29) is 0 Å². The molecule has 0 amide bonds. The summed E-state index contributed by atoms with van der Waals surface area (Å²) in [4.78, 5) is 0. The molecule has 1 heterocycles. The zero-order valence-corrected chi connectivity index (χ0v) is 7.76. The molecule has 4 unspecified atom stereocenters. The molecular formula is C11H19N. The van der Waals surface area contributed by atoms with Crippen LogP contribution in [0, 0.1) is 17.8 Å². The van der Waals surface area contributed by atoms with Gasteiger partial charge in [-0.2, -0.15) is 0 Å². The Labute approximate surface area is 74.9 Å². The molecule has 2 saturated carbocycles. The molecule has 1 saturated heterocycles. The minimum absolute atomic E-state index is 0.929. The zero-order chi connectivity index (χ0) is 7.97. The second-order valence-corrected chi connectivity index (χ2v) is 4.96. The molecule has 68 valence electrons. The van der Waals surface area contributed by atoms with Crippen LogP contribution < -0.4 is 5.32 Å². The Morgan fingerprint density at radius 3 is 2.83 bits per heavy atom. The predicted molar refractivity (Wildman–Crippen MR) is 50.0 cm³/mol. The molecule has 0 bridgehead atoms. The summed E-state index contributed by atoms with van der Waals surface area (Å²) < 4.78 is 0. The molecule has 2 aliphatic carbocycles. The molecular weight excluding hydrogens is 146 g/mol. The van der Waals surface area contributed by atoms with Crippen molar-refractivity contribution in [3.63, 3.8) is 0 Å². The average molecular weight is 165 g/mol. The predicted octanol–water partition coefficient (Wildman–Crippen LogP) is 2.17. The third kappa shape index (κ3) is 0.953. The van der Waals surface area contributed by atoms with Crippen molar-refractivity contribution in [2.75, 3.05) is 6.54 Å². The highest BCUT2D eigenvalue weighted by molar-refractivity contribution is 4.99. The Bertz CT molecular complexity index is 178. The van der Waals surface area contributed by atoms with Gasteiger partial charge >= 0.3 is 0 Å². The maximum Gasteiger partial charge on any atom is 0.0101 e. The van der Waals surface area contributed by atoms with E-state index >= 15 is 0 Å². The summed E-state index contributed by atoms with van der Waals surface area (Å²) in [6.07, 6.45) is 9.11. The molecule has 3 aliphatic rings. The smallest absolute Gasteiger partial charge is 0.0101 e. The zero-order valence-electron chi connectivity index (χ0n) is 7.76. The van der Waals surface area contributed by atoms with Gasteiger partial charge in [0.2, 0.25) is 0 Å². The van der Waals surface area contributed by atoms with E-state index in [0.29, 0.717) is 0 Å². The van der Waals surface area contributed by atoms with Crippen molar-refractivity contribution in [2.45, 2.75) is 44.6 Å². The van der Waals surface area contributed by atoms with Crippen LogP contribution in [0.3, 0.4) is 0 Å². The van der Waals surface area contributed by atoms with Gasteiger partial charge in [-0.05, 0) is 43.6 Å². The van der Waals surface area contributed by atoms with Crippen molar-refractivity contribution in [3.05, 3.63) is 0 Å². The number of fused-ring (bicyclic) bond motifs is 3. The number of hydrogen-bond acceptors (Lipinski definition) is 1. The fraction of sp³-hybridized carbons (Fsp3) is 1.00. The van der Waals surface area contributed by atoms with Crippen molar-refractivity contribution >= 4 is 0 Å². The van der Waals surface area contributed by atoms with Crippen molar-refractivity contribution in [1.29, 1.82) is 0 Å². The van der Waals surface area contributed by atoms with Crippen molar-refractivity contribution in [3.8, 4) is 0 Å². The number of hydrogen-bond donors (Lipinski definition) is 1. The maximum absolute atomic E-state index is 3.67. The quantitative estimate of drug-likeness (QED) is 0.580. The molecule has 12 heavy (non-hydrogen) atoms. The molecule has 3 fully saturated rings. The lowest BCUT2D eigenvalue weighted by atomic mass is 9.77. The van der Waals surface area contributed by atoms with Crippen LogP contribution in [-0.2, 0) is 0 Å². The van der Waals surface area contributed by atoms with Crippen LogP contribution >= 0.6 is 0 Å². The summed E-state index contributed by atoms with van der Waals surface area (Å²) >= 11 is 0. The van der Waals surface area contributed by atoms with Gasteiger partial charge in [-0.1, -0.05) is 19.3 Å². The second-order valence-electron chi connectivity index (χ2n) is 4.96. The van der Waals surface area contributed by atoms with Gasteiger partial charge in [0.15, 0.2) is 0 Å². The highest BCUT2D eigenvalue weighted by Gasteiger charge is 2.45. The van der Waals surface area contributed by atoms with Gasteiger partial charge in [0, 0.05) is 6.04 Å². The van der Waals surface area contributed by atoms with E-state index in [2.05, 4.69) is 5.32 Å². The normalized spacial score (nSPS) is 52.0. The fourth-order valence-corrected chi connectivity index (χ4v) is 3.98. The van der Waals surface area contributed by atoms with Gasteiger partial charge < -0.3 is 5.32 Å². The fourth-order valence-electron chi connectivity index (χ4n) is 3.98. The summed E-state index contributed by atoms with van der Waals surface area (Å²) in [6, 6.07) is 0.929. The SMILES string of the molecule is C1CCC2C(C1)CC1NCCC12. The molecule has 4 atom stereocenters. The van der Waals surface area contributed by atoms with E-state index in [9.17, 15) is 0 Å². The third-order valence-electron chi connectivity index (χ3n) is 4.48. The molecule has 0 aromatic heterocycles. The molecule has 1 nitrogen and oxygen atoms in total. The second kappa shape index (κ2) is 2.73. The maximum atomic E-state index is 3.67. The summed E-state index contributed by atoms with van der Waals surface area (Å²) in [7, 11) is 0. The van der Waals surface area contributed by atoms with E-state index in [1.807, 2.05) is 0 Å². The van der Waals surface area contributed by atoms with Crippen LogP contribution in [0.4, 0.5) is 0 Å². The number of rotatable bonds is 0. The van der Waals surface area contributed by atoms with Crippen molar-refractivity contribution in [2.24, 2.45) is 17.8 Å². The van der Waals surface area contributed by atoms with E-state index in [1.54, 1.807) is 12.8 Å². The molecule has 1 aliphatic heterocycles. The van der Waals surface area contributed by atoms with E-state index in [0.717, 1.165) is 23.8 Å². The highest BCUT2D eigenvalue weighted by atomic mass is 15.0. The molecule has 0 aromatic carbocycles. The van der Waals surface area contributed by atoms with Crippen LogP contribution in [0.5, 0.6) is 0 Å². The summed E-state index contributed by atoms with van der Waals surface area (Å²) in [6.45, 7) is 1.30. The number of nitrogens with one attached hydrogen (secondary N) is 1. The standard InChI is InChI=1S/C11H19N/c1-2-4-9-8(3-1)7-11-10(9)5-6-12-11/h8-12H,1-7H2. The molecule has 1 heteroatoms. The van der Waals surface area contributed by atoms with Gasteiger partial charge in [0.1, 0.15) is 0 Å². The van der Waals surface area contributed by atoms with E-state index in [1.165, 1.54) is 32.2 Å². The molecule has 1 N–H and O–H groups in total. The summed E-state index contributed by atoms with van der Waals surface area (Å²) in [5.74, 6) is 3.32. The van der Waals surface area contributed by atoms with Crippen LogP contribution in [0.2, 0.25) is 0 Å². The summed E-state index contributed by atoms with van der Waals surface area (Å²) in [5.41, 5.74) is 0. The first-order chi connectivity index (χ1) is 5.95. The monoisotopic (exact) mass is 165 g/mol. The largest absolute Gasteiger partial charge is 0.314 e. The van der Waals surface area contributed by atoms with E-state index in [4.69, 9.17) is 0 Å². The van der Waals surface area contributed by atoms with Crippen LogP contribution in [0.1, 0.15) is 38.5 Å². The Balaban J connectivity index is 1.79. The third-order valence-corrected chi connectivity index (χ3v) is 4.48. The molecule has 0 spiro atoms. The molecule has 0 aromatic rings. The lowest BCUT2D eigenvalue weighted by molar-refractivity contribution is 0.228. The van der Waals surface area contributed by atoms with Crippen LogP contribution in [0.25, 0.3) is 0 Å². The molecule has 0 radical (unpaired) electrons. The Hall–Kier alpha value is -0.0400. The lowest BCUT2D eigenvalue weighted by Gasteiger charge is -2.28. The average Bonchev–Trinajstić information content (AvgIpc) is 2.62. The van der Waals surface area contributed by atoms with Gasteiger partial charge in [0.25, 0.3) is 0 Å². The van der Waals surface area contributed by atoms with Gasteiger partial charge in [-0.3, -0.25) is 0 Å². The minimum atomic E-state index is 0.929. The summed E-state index contributed by atoms with van der Waals surface area (Å²) in [5, 5.41) is 3.67.